The Morgan fingerprint density at radius 3 is 2.80 bits per heavy atom. The van der Waals surface area contributed by atoms with Crippen molar-refractivity contribution < 1.29 is 12.8 Å². The smallest absolute Gasteiger partial charge is 0.238 e. The molecule has 0 bridgehead atoms. The van der Waals surface area contributed by atoms with Gasteiger partial charge in [0.2, 0.25) is 10.0 Å². The molecule has 0 aliphatic carbocycles. The van der Waals surface area contributed by atoms with Gasteiger partial charge in [-0.15, -0.1) is 0 Å². The molecule has 1 aromatic carbocycles. The summed E-state index contributed by atoms with van der Waals surface area (Å²) in [6.45, 7) is 4.68. The van der Waals surface area contributed by atoms with Crippen molar-refractivity contribution in [3.8, 4) is 0 Å². The van der Waals surface area contributed by atoms with E-state index in [1.807, 2.05) is 0 Å². The van der Waals surface area contributed by atoms with Crippen LogP contribution in [0.1, 0.15) is 19.8 Å². The lowest BCUT2D eigenvalue weighted by atomic mass is 9.83. The van der Waals surface area contributed by atoms with Crippen molar-refractivity contribution in [2.75, 3.05) is 25.0 Å². The standard InChI is InChI=1S/C13H20FN3O2S/c1-13(5-2-6-16-8-13)9-17-12-4-3-10(7-11(12)14)20(15,18)19/h3-4,7,16-17H,2,5-6,8-9H2,1H3,(H2,15,18,19). The minimum atomic E-state index is -3.87. The minimum Gasteiger partial charge on any atom is -0.382 e. The summed E-state index contributed by atoms with van der Waals surface area (Å²) in [5.41, 5.74) is 0.368. The van der Waals surface area contributed by atoms with E-state index in [-0.39, 0.29) is 10.3 Å². The van der Waals surface area contributed by atoms with Crippen molar-refractivity contribution in [2.45, 2.75) is 24.7 Å². The molecule has 0 saturated carbocycles. The van der Waals surface area contributed by atoms with Crippen molar-refractivity contribution in [3.63, 3.8) is 0 Å². The van der Waals surface area contributed by atoms with Crippen LogP contribution in [0.15, 0.2) is 23.1 Å². The molecule has 0 radical (unpaired) electrons. The van der Waals surface area contributed by atoms with Crippen LogP contribution in [0.3, 0.4) is 0 Å². The second-order valence-electron chi connectivity index (χ2n) is 5.63. The maximum Gasteiger partial charge on any atom is 0.238 e. The summed E-state index contributed by atoms with van der Waals surface area (Å²) in [6, 6.07) is 3.66. The van der Waals surface area contributed by atoms with Crippen molar-refractivity contribution in [3.05, 3.63) is 24.0 Å². The van der Waals surface area contributed by atoms with Crippen LogP contribution in [-0.4, -0.2) is 28.1 Å². The van der Waals surface area contributed by atoms with Crippen molar-refractivity contribution in [1.82, 2.24) is 5.32 Å². The number of rotatable bonds is 4. The molecule has 1 unspecified atom stereocenters. The van der Waals surface area contributed by atoms with Crippen molar-refractivity contribution in [2.24, 2.45) is 10.6 Å². The van der Waals surface area contributed by atoms with Gasteiger partial charge in [-0.25, -0.2) is 17.9 Å². The molecular weight excluding hydrogens is 281 g/mol. The number of piperidine rings is 1. The molecule has 7 heteroatoms. The van der Waals surface area contributed by atoms with E-state index in [0.717, 1.165) is 32.0 Å². The Labute approximate surface area is 118 Å². The first-order chi connectivity index (χ1) is 9.30. The van der Waals surface area contributed by atoms with Gasteiger partial charge in [0, 0.05) is 13.1 Å². The SMILES string of the molecule is CC1(CNc2ccc(S(N)(=O)=O)cc2F)CCCNC1. The van der Waals surface area contributed by atoms with E-state index < -0.39 is 15.8 Å². The monoisotopic (exact) mass is 301 g/mol. The number of sulfonamides is 1. The third-order valence-corrected chi connectivity index (χ3v) is 4.57. The highest BCUT2D eigenvalue weighted by molar-refractivity contribution is 7.89. The summed E-state index contributed by atoms with van der Waals surface area (Å²) in [5.74, 6) is -0.608. The Kier molecular flexibility index (Phi) is 4.31. The summed E-state index contributed by atoms with van der Waals surface area (Å²) in [5, 5.41) is 11.3. The van der Waals surface area contributed by atoms with Crippen LogP contribution < -0.4 is 15.8 Å². The second kappa shape index (κ2) is 5.67. The van der Waals surface area contributed by atoms with Gasteiger partial charge in [0.05, 0.1) is 10.6 Å². The first-order valence-electron chi connectivity index (χ1n) is 6.57. The molecule has 1 aromatic rings. The molecule has 1 atom stereocenters. The van der Waals surface area contributed by atoms with Crippen LogP contribution in [-0.2, 0) is 10.0 Å². The average Bonchev–Trinajstić information content (AvgIpc) is 2.37. The minimum absolute atomic E-state index is 0.0727. The molecule has 0 amide bonds. The summed E-state index contributed by atoms with van der Waals surface area (Å²) in [4.78, 5) is -0.217. The van der Waals surface area contributed by atoms with E-state index in [9.17, 15) is 12.8 Å². The highest BCUT2D eigenvalue weighted by Crippen LogP contribution is 2.27. The fourth-order valence-corrected chi connectivity index (χ4v) is 2.92. The fraction of sp³-hybridized carbons (Fsp3) is 0.538. The zero-order valence-corrected chi connectivity index (χ0v) is 12.3. The largest absolute Gasteiger partial charge is 0.382 e. The molecule has 4 N–H and O–H groups in total. The van der Waals surface area contributed by atoms with Crippen LogP contribution in [0.4, 0.5) is 10.1 Å². The van der Waals surface area contributed by atoms with Crippen LogP contribution in [0.25, 0.3) is 0 Å². The summed E-state index contributed by atoms with van der Waals surface area (Å²) < 4.78 is 36.1. The lowest BCUT2D eigenvalue weighted by molar-refractivity contribution is 0.253. The first kappa shape index (κ1) is 15.2. The maximum atomic E-state index is 13.9. The van der Waals surface area contributed by atoms with Gasteiger partial charge in [-0.2, -0.15) is 0 Å². The van der Waals surface area contributed by atoms with Gasteiger partial charge in [-0.1, -0.05) is 6.92 Å². The number of benzene rings is 1. The molecule has 0 aromatic heterocycles. The summed E-state index contributed by atoms with van der Waals surface area (Å²) in [7, 11) is -3.87. The van der Waals surface area contributed by atoms with Gasteiger partial charge in [0.1, 0.15) is 5.82 Å². The van der Waals surface area contributed by atoms with Crippen molar-refractivity contribution in [1.29, 1.82) is 0 Å². The van der Waals surface area contributed by atoms with Gasteiger partial charge < -0.3 is 10.6 Å². The Hall–Kier alpha value is -1.18. The highest BCUT2D eigenvalue weighted by atomic mass is 32.2. The number of nitrogens with one attached hydrogen (secondary N) is 2. The van der Waals surface area contributed by atoms with Gasteiger partial charge in [0.25, 0.3) is 0 Å². The average molecular weight is 301 g/mol. The van der Waals surface area contributed by atoms with Gasteiger partial charge in [0.15, 0.2) is 0 Å². The zero-order chi connectivity index (χ0) is 14.8. The van der Waals surface area contributed by atoms with Crippen molar-refractivity contribution >= 4 is 15.7 Å². The lowest BCUT2D eigenvalue weighted by Gasteiger charge is -2.34. The second-order valence-corrected chi connectivity index (χ2v) is 7.19. The maximum absolute atomic E-state index is 13.9. The molecule has 1 fully saturated rings. The van der Waals surface area contributed by atoms with Gasteiger partial charge >= 0.3 is 0 Å². The molecule has 2 rings (SSSR count). The lowest BCUT2D eigenvalue weighted by Crippen LogP contribution is -2.42. The quantitative estimate of drug-likeness (QED) is 0.782. The Morgan fingerprint density at radius 2 is 2.25 bits per heavy atom. The molecule has 1 heterocycles. The summed E-state index contributed by atoms with van der Waals surface area (Å²) in [6.07, 6.45) is 2.18. The molecule has 0 spiro atoms. The van der Waals surface area contributed by atoms with Gasteiger partial charge in [-0.05, 0) is 43.0 Å². The van der Waals surface area contributed by atoms with E-state index in [1.54, 1.807) is 0 Å². The summed E-state index contributed by atoms with van der Waals surface area (Å²) >= 11 is 0. The van der Waals surface area contributed by atoms with E-state index in [0.29, 0.717) is 12.2 Å². The fourth-order valence-electron chi connectivity index (χ4n) is 2.39. The van der Waals surface area contributed by atoms with Crippen LogP contribution in [0.2, 0.25) is 0 Å². The topological polar surface area (TPSA) is 84.2 Å². The Bertz CT molecular complexity index is 583. The van der Waals surface area contributed by atoms with E-state index in [2.05, 4.69) is 17.6 Å². The predicted octanol–water partition coefficient (Wildman–Crippen LogP) is 1.27. The zero-order valence-electron chi connectivity index (χ0n) is 11.4. The Morgan fingerprint density at radius 1 is 1.50 bits per heavy atom. The third kappa shape index (κ3) is 3.68. The number of hydrogen-bond acceptors (Lipinski definition) is 4. The molecule has 1 aliphatic heterocycles. The number of hydrogen-bond donors (Lipinski definition) is 3. The van der Waals surface area contributed by atoms with Crippen LogP contribution >= 0.6 is 0 Å². The predicted molar refractivity (Wildman–Crippen MR) is 76.5 cm³/mol. The molecule has 20 heavy (non-hydrogen) atoms. The molecule has 112 valence electrons. The molecule has 5 nitrogen and oxygen atoms in total. The highest BCUT2D eigenvalue weighted by Gasteiger charge is 2.26. The van der Waals surface area contributed by atoms with Crippen LogP contribution in [0.5, 0.6) is 0 Å². The Balaban J connectivity index is 2.07. The normalized spacial score (nSPS) is 23.6. The molecular formula is C13H20FN3O2S. The van der Waals surface area contributed by atoms with E-state index in [1.165, 1.54) is 12.1 Å². The first-order valence-corrected chi connectivity index (χ1v) is 8.12. The van der Waals surface area contributed by atoms with Crippen LogP contribution in [0, 0.1) is 11.2 Å². The van der Waals surface area contributed by atoms with E-state index in [4.69, 9.17) is 5.14 Å². The molecule has 1 saturated heterocycles. The third-order valence-electron chi connectivity index (χ3n) is 3.66. The van der Waals surface area contributed by atoms with E-state index >= 15 is 0 Å². The number of primary sulfonamides is 1. The number of nitrogens with two attached hydrogens (primary N) is 1. The number of halogens is 1. The van der Waals surface area contributed by atoms with Gasteiger partial charge in [-0.3, -0.25) is 0 Å². The number of anilines is 1. The molecule has 1 aliphatic rings.